The normalized spacial score (nSPS) is 31.7. The average Bonchev–Trinajstić information content (AvgIpc) is 2.96. The van der Waals surface area contributed by atoms with Crippen LogP contribution in [0.4, 0.5) is 0 Å². The van der Waals surface area contributed by atoms with Crippen LogP contribution in [0.3, 0.4) is 0 Å². The molecule has 0 N–H and O–H groups in total. The lowest BCUT2D eigenvalue weighted by molar-refractivity contribution is 0.112. The first-order valence-corrected chi connectivity index (χ1v) is 8.35. The van der Waals surface area contributed by atoms with Crippen molar-refractivity contribution in [1.29, 1.82) is 0 Å². The fourth-order valence-corrected chi connectivity index (χ4v) is 4.79. The molecule has 108 valence electrons. The van der Waals surface area contributed by atoms with E-state index < -0.39 is 0 Å². The number of fused-ring (bicyclic) bond motifs is 3. The molecule has 0 aromatic heterocycles. The molecule has 4 unspecified atom stereocenters. The van der Waals surface area contributed by atoms with E-state index in [1.165, 1.54) is 49.7 Å². The van der Waals surface area contributed by atoms with Gasteiger partial charge < -0.3 is 0 Å². The molecule has 0 saturated heterocycles. The lowest BCUT2D eigenvalue weighted by Crippen LogP contribution is -2.29. The summed E-state index contributed by atoms with van der Waals surface area (Å²) in [6.07, 6.45) is 9.14. The van der Waals surface area contributed by atoms with E-state index in [0.717, 1.165) is 29.6 Å². The minimum atomic E-state index is 0.664. The molecule has 1 aromatic rings. The molecule has 0 bridgehead atoms. The van der Waals surface area contributed by atoms with Gasteiger partial charge in [-0.2, -0.15) is 0 Å². The lowest BCUT2D eigenvalue weighted by atomic mass is 9.64. The van der Waals surface area contributed by atoms with Crippen molar-refractivity contribution in [3.63, 3.8) is 0 Å². The van der Waals surface area contributed by atoms with Crippen molar-refractivity contribution >= 4 is 6.29 Å². The van der Waals surface area contributed by atoms with E-state index in [2.05, 4.69) is 26.0 Å². The van der Waals surface area contributed by atoms with Gasteiger partial charge in [-0.15, -0.1) is 0 Å². The highest BCUT2D eigenvalue weighted by Gasteiger charge is 2.42. The predicted octanol–water partition coefficient (Wildman–Crippen LogP) is 5.31. The Hall–Kier alpha value is -1.11. The van der Waals surface area contributed by atoms with Crippen molar-refractivity contribution in [3.05, 3.63) is 34.9 Å². The Balaban J connectivity index is 1.98. The molecule has 4 atom stereocenters. The summed E-state index contributed by atoms with van der Waals surface area (Å²) in [6.45, 7) is 4.71. The van der Waals surface area contributed by atoms with Crippen LogP contribution >= 0.6 is 0 Å². The third-order valence-corrected chi connectivity index (χ3v) is 5.79. The summed E-state index contributed by atoms with van der Waals surface area (Å²) in [5.41, 5.74) is 3.88. The summed E-state index contributed by atoms with van der Waals surface area (Å²) in [4.78, 5) is 11.1. The summed E-state index contributed by atoms with van der Waals surface area (Å²) in [6, 6.07) is 6.42. The van der Waals surface area contributed by atoms with E-state index in [1.54, 1.807) is 0 Å². The molecule has 1 aromatic carbocycles. The molecule has 2 aliphatic rings. The van der Waals surface area contributed by atoms with Crippen LogP contribution in [0.25, 0.3) is 0 Å². The first kappa shape index (κ1) is 13.9. The summed E-state index contributed by atoms with van der Waals surface area (Å²) in [5.74, 6) is 3.11. The highest BCUT2D eigenvalue weighted by molar-refractivity contribution is 5.75. The third-order valence-electron chi connectivity index (χ3n) is 5.79. The zero-order valence-corrected chi connectivity index (χ0v) is 12.8. The second-order valence-electron chi connectivity index (χ2n) is 6.80. The lowest BCUT2D eigenvalue weighted by Gasteiger charge is -2.41. The smallest absolute Gasteiger partial charge is 0.150 e. The van der Waals surface area contributed by atoms with E-state index >= 15 is 0 Å². The molecule has 3 rings (SSSR count). The van der Waals surface area contributed by atoms with Gasteiger partial charge in [-0.3, -0.25) is 4.79 Å². The Morgan fingerprint density at radius 3 is 2.85 bits per heavy atom. The van der Waals surface area contributed by atoms with Crippen LogP contribution in [0.5, 0.6) is 0 Å². The Bertz CT molecular complexity index is 491. The molecule has 1 saturated carbocycles. The van der Waals surface area contributed by atoms with Crippen molar-refractivity contribution in [3.8, 4) is 0 Å². The van der Waals surface area contributed by atoms with Crippen LogP contribution in [0.2, 0.25) is 0 Å². The van der Waals surface area contributed by atoms with Crippen molar-refractivity contribution in [2.24, 2.45) is 11.8 Å². The number of aldehydes is 1. The molecule has 1 heteroatoms. The van der Waals surface area contributed by atoms with Gasteiger partial charge in [0.15, 0.2) is 0 Å². The van der Waals surface area contributed by atoms with Crippen molar-refractivity contribution in [2.75, 3.05) is 0 Å². The van der Waals surface area contributed by atoms with Gasteiger partial charge in [0.2, 0.25) is 0 Å². The SMILES string of the molecule is CCCCC1C(C)c2ccc(C=O)cc2C2CCCC21. The molecular formula is C19H26O. The maximum absolute atomic E-state index is 11.1. The summed E-state index contributed by atoms with van der Waals surface area (Å²) < 4.78 is 0. The molecule has 0 heterocycles. The minimum Gasteiger partial charge on any atom is -0.298 e. The minimum absolute atomic E-state index is 0.664. The fourth-order valence-electron chi connectivity index (χ4n) is 4.79. The van der Waals surface area contributed by atoms with E-state index in [9.17, 15) is 4.79 Å². The topological polar surface area (TPSA) is 17.1 Å². The second-order valence-corrected chi connectivity index (χ2v) is 6.80. The van der Waals surface area contributed by atoms with Gasteiger partial charge in [-0.1, -0.05) is 45.2 Å². The van der Waals surface area contributed by atoms with Gasteiger partial charge in [0, 0.05) is 5.56 Å². The van der Waals surface area contributed by atoms with Gasteiger partial charge in [0.1, 0.15) is 6.29 Å². The highest BCUT2D eigenvalue weighted by atomic mass is 16.1. The Kier molecular flexibility index (Phi) is 3.96. The Morgan fingerprint density at radius 1 is 1.25 bits per heavy atom. The van der Waals surface area contributed by atoms with Crippen LogP contribution in [0.15, 0.2) is 18.2 Å². The molecule has 0 aliphatic heterocycles. The van der Waals surface area contributed by atoms with Crippen LogP contribution in [-0.2, 0) is 0 Å². The summed E-state index contributed by atoms with van der Waals surface area (Å²) >= 11 is 0. The van der Waals surface area contributed by atoms with Crippen LogP contribution in [-0.4, -0.2) is 6.29 Å². The molecule has 0 amide bonds. The molecule has 0 radical (unpaired) electrons. The zero-order chi connectivity index (χ0) is 14.1. The monoisotopic (exact) mass is 270 g/mol. The van der Waals surface area contributed by atoms with Crippen LogP contribution < -0.4 is 0 Å². The van der Waals surface area contributed by atoms with E-state index in [0.29, 0.717) is 5.92 Å². The van der Waals surface area contributed by atoms with Gasteiger partial charge >= 0.3 is 0 Å². The fraction of sp³-hybridized carbons (Fsp3) is 0.632. The van der Waals surface area contributed by atoms with Gasteiger partial charge in [-0.25, -0.2) is 0 Å². The molecular weight excluding hydrogens is 244 g/mol. The quantitative estimate of drug-likeness (QED) is 0.678. The largest absolute Gasteiger partial charge is 0.298 e. The van der Waals surface area contributed by atoms with Crippen LogP contribution in [0.1, 0.15) is 85.7 Å². The molecule has 1 fully saturated rings. The maximum atomic E-state index is 11.1. The van der Waals surface area contributed by atoms with E-state index in [-0.39, 0.29) is 0 Å². The molecule has 2 aliphatic carbocycles. The van der Waals surface area contributed by atoms with Crippen molar-refractivity contribution < 1.29 is 4.79 Å². The second kappa shape index (κ2) is 5.71. The van der Waals surface area contributed by atoms with Crippen molar-refractivity contribution in [2.45, 2.75) is 64.2 Å². The maximum Gasteiger partial charge on any atom is 0.150 e. The van der Waals surface area contributed by atoms with E-state index in [1.807, 2.05) is 6.07 Å². The van der Waals surface area contributed by atoms with Gasteiger partial charge in [0.05, 0.1) is 0 Å². The molecule has 20 heavy (non-hydrogen) atoms. The number of carbonyl (C=O) groups is 1. The van der Waals surface area contributed by atoms with Crippen molar-refractivity contribution in [1.82, 2.24) is 0 Å². The first-order valence-electron chi connectivity index (χ1n) is 8.35. The van der Waals surface area contributed by atoms with Crippen LogP contribution in [0, 0.1) is 11.8 Å². The summed E-state index contributed by atoms with van der Waals surface area (Å²) in [5, 5.41) is 0. The zero-order valence-electron chi connectivity index (χ0n) is 12.8. The Labute approximate surface area is 122 Å². The number of hydrogen-bond acceptors (Lipinski definition) is 1. The highest BCUT2D eigenvalue weighted by Crippen LogP contribution is 2.55. The number of hydrogen-bond donors (Lipinski definition) is 0. The standard InChI is InChI=1S/C19H26O/c1-3-4-6-15-13(2)16-10-9-14(12-20)11-19(16)18-8-5-7-17(15)18/h9-13,15,17-18H,3-8H2,1-2H3. The number of carbonyl (C=O) groups excluding carboxylic acids is 1. The number of rotatable bonds is 4. The average molecular weight is 270 g/mol. The Morgan fingerprint density at radius 2 is 2.10 bits per heavy atom. The molecule has 1 nitrogen and oxygen atoms in total. The van der Waals surface area contributed by atoms with Gasteiger partial charge in [-0.05, 0) is 60.1 Å². The third kappa shape index (κ3) is 2.21. The van der Waals surface area contributed by atoms with Gasteiger partial charge in [0.25, 0.3) is 0 Å². The number of unbranched alkanes of at least 4 members (excludes halogenated alkanes) is 1. The number of benzene rings is 1. The predicted molar refractivity (Wildman–Crippen MR) is 83.3 cm³/mol. The molecule has 0 spiro atoms. The summed E-state index contributed by atoms with van der Waals surface area (Å²) in [7, 11) is 0. The first-order chi connectivity index (χ1) is 9.76. The van der Waals surface area contributed by atoms with E-state index in [4.69, 9.17) is 0 Å².